The molecular weight excluding hydrogens is 437 g/mol. The van der Waals surface area contributed by atoms with Gasteiger partial charge in [0.05, 0.1) is 22.9 Å². The van der Waals surface area contributed by atoms with Crippen LogP contribution in [0.4, 0.5) is 24.5 Å². The maximum Gasteiger partial charge on any atom is 0.416 e. The molecule has 0 saturated carbocycles. The Kier molecular flexibility index (Phi) is 6.08. The third kappa shape index (κ3) is 4.56. The van der Waals surface area contributed by atoms with Gasteiger partial charge in [-0.25, -0.2) is 9.69 Å². The van der Waals surface area contributed by atoms with E-state index in [0.29, 0.717) is 4.90 Å². The molecule has 0 aromatic heterocycles. The van der Waals surface area contributed by atoms with Crippen molar-refractivity contribution in [3.63, 3.8) is 0 Å². The molecule has 0 bridgehead atoms. The van der Waals surface area contributed by atoms with Crippen molar-refractivity contribution in [2.24, 2.45) is 0 Å². The zero-order valence-corrected chi connectivity index (χ0v) is 17.0. The van der Waals surface area contributed by atoms with Gasteiger partial charge >= 0.3 is 12.1 Å². The van der Waals surface area contributed by atoms with Gasteiger partial charge in [0.2, 0.25) is 0 Å². The Labute approximate surface area is 180 Å². The molecule has 0 unspecified atom stereocenters. The minimum atomic E-state index is -4.59. The third-order valence-electron chi connectivity index (χ3n) is 4.19. The quantitative estimate of drug-likeness (QED) is 0.525. The fourth-order valence-corrected chi connectivity index (χ4v) is 3.08. The van der Waals surface area contributed by atoms with E-state index in [1.807, 2.05) is 0 Å². The van der Waals surface area contributed by atoms with Gasteiger partial charge in [-0.15, -0.1) is 0 Å². The fourth-order valence-electron chi connectivity index (χ4n) is 2.87. The van der Waals surface area contributed by atoms with Crippen molar-refractivity contribution in [2.75, 3.05) is 10.2 Å². The zero-order valence-electron chi connectivity index (χ0n) is 16.3. The van der Waals surface area contributed by atoms with Crippen molar-refractivity contribution in [1.82, 2.24) is 0 Å². The number of hydrogen-bond donors (Lipinski definition) is 1. The number of ether oxygens (including phenoxy) is 1. The van der Waals surface area contributed by atoms with E-state index in [-0.39, 0.29) is 16.9 Å². The smallest absolute Gasteiger partial charge is 0.416 e. The first-order valence-corrected chi connectivity index (χ1v) is 9.41. The number of hydrogen-bond acceptors (Lipinski definition) is 5. The van der Waals surface area contributed by atoms with Crippen LogP contribution in [0, 0.1) is 0 Å². The average Bonchev–Trinajstić information content (AvgIpc) is 2.90. The Morgan fingerprint density at radius 3 is 2.39 bits per heavy atom. The number of halogens is 4. The molecule has 0 spiro atoms. The van der Waals surface area contributed by atoms with Crippen molar-refractivity contribution in [3.05, 3.63) is 70.4 Å². The Bertz CT molecular complexity index is 1100. The van der Waals surface area contributed by atoms with Gasteiger partial charge in [0, 0.05) is 5.69 Å². The van der Waals surface area contributed by atoms with E-state index in [2.05, 4.69) is 5.32 Å². The first kappa shape index (κ1) is 22.4. The number of nitrogens with one attached hydrogen (secondary N) is 1. The summed E-state index contributed by atoms with van der Waals surface area (Å²) >= 11 is 6.03. The monoisotopic (exact) mass is 452 g/mol. The molecule has 6 nitrogen and oxygen atoms in total. The summed E-state index contributed by atoms with van der Waals surface area (Å²) in [5.74, 6) is -2.59. The molecule has 0 radical (unpaired) electrons. The van der Waals surface area contributed by atoms with Crippen molar-refractivity contribution in [3.8, 4) is 0 Å². The van der Waals surface area contributed by atoms with Crippen LogP contribution in [0.25, 0.3) is 0 Å². The maximum absolute atomic E-state index is 13.0. The molecule has 2 aromatic carbocycles. The van der Waals surface area contributed by atoms with Crippen molar-refractivity contribution < 1.29 is 32.3 Å². The van der Waals surface area contributed by atoms with E-state index in [0.717, 1.165) is 18.2 Å². The van der Waals surface area contributed by atoms with Crippen LogP contribution in [-0.2, 0) is 20.5 Å². The van der Waals surface area contributed by atoms with E-state index < -0.39 is 46.4 Å². The summed E-state index contributed by atoms with van der Waals surface area (Å²) in [7, 11) is 0. The lowest BCUT2D eigenvalue weighted by Crippen LogP contribution is -2.34. The zero-order chi connectivity index (χ0) is 22.9. The minimum absolute atomic E-state index is 0.0392. The Morgan fingerprint density at radius 1 is 1.06 bits per heavy atom. The normalized spacial score (nSPS) is 14.5. The van der Waals surface area contributed by atoms with E-state index in [9.17, 15) is 27.6 Å². The standard InChI is InChI=1S/C21H16ClF3N2O4/c1-11(2)31-20(30)14-8-3-4-9-15(14)27-18(28)16(22)17(19(27)29)26-13-7-5-6-12(10-13)21(23,24)25/h3-11,26H,1-2H3. The van der Waals surface area contributed by atoms with Gasteiger partial charge in [0.15, 0.2) is 0 Å². The summed E-state index contributed by atoms with van der Waals surface area (Å²) < 4.78 is 44.0. The second-order valence-corrected chi connectivity index (χ2v) is 7.19. The molecule has 1 aliphatic heterocycles. The SMILES string of the molecule is CC(C)OC(=O)c1ccccc1N1C(=O)C(Cl)=C(Nc2cccc(C(F)(F)F)c2)C1=O. The number of carbonyl (C=O) groups is 3. The Morgan fingerprint density at radius 2 is 1.74 bits per heavy atom. The molecule has 0 saturated heterocycles. The predicted molar refractivity (Wildman–Crippen MR) is 107 cm³/mol. The molecule has 1 heterocycles. The molecule has 3 rings (SSSR count). The van der Waals surface area contributed by atoms with E-state index in [4.69, 9.17) is 16.3 Å². The number of rotatable bonds is 5. The molecule has 1 aliphatic rings. The molecule has 0 aliphatic carbocycles. The van der Waals surface area contributed by atoms with Crippen molar-refractivity contribution in [2.45, 2.75) is 26.1 Å². The first-order chi connectivity index (χ1) is 14.5. The van der Waals surface area contributed by atoms with Crippen LogP contribution in [-0.4, -0.2) is 23.9 Å². The average molecular weight is 453 g/mol. The van der Waals surface area contributed by atoms with Gasteiger partial charge in [-0.2, -0.15) is 13.2 Å². The highest BCUT2D eigenvalue weighted by atomic mass is 35.5. The molecule has 0 atom stereocenters. The third-order valence-corrected chi connectivity index (χ3v) is 4.54. The number of anilines is 2. The van der Waals surface area contributed by atoms with Gasteiger partial charge in [-0.3, -0.25) is 9.59 Å². The van der Waals surface area contributed by atoms with Crippen molar-refractivity contribution >= 4 is 40.8 Å². The van der Waals surface area contributed by atoms with Crippen LogP contribution < -0.4 is 10.2 Å². The summed E-state index contributed by atoms with van der Waals surface area (Å²) in [6.45, 7) is 3.28. The van der Waals surface area contributed by atoms with Crippen LogP contribution in [0.15, 0.2) is 59.3 Å². The van der Waals surface area contributed by atoms with Gasteiger partial charge in [0.1, 0.15) is 10.7 Å². The van der Waals surface area contributed by atoms with Gasteiger partial charge in [-0.1, -0.05) is 29.8 Å². The molecule has 1 N–H and O–H groups in total. The summed E-state index contributed by atoms with van der Waals surface area (Å²) in [4.78, 5) is 38.7. The number of carbonyl (C=O) groups excluding carboxylic acids is 3. The maximum atomic E-state index is 13.0. The minimum Gasteiger partial charge on any atom is -0.459 e. The number of para-hydroxylation sites is 1. The van der Waals surface area contributed by atoms with E-state index >= 15 is 0 Å². The van der Waals surface area contributed by atoms with Crippen LogP contribution >= 0.6 is 11.6 Å². The van der Waals surface area contributed by atoms with Crippen LogP contribution in [0.3, 0.4) is 0 Å². The van der Waals surface area contributed by atoms with Crippen LogP contribution in [0.1, 0.15) is 29.8 Å². The van der Waals surface area contributed by atoms with Crippen LogP contribution in [0.2, 0.25) is 0 Å². The Balaban J connectivity index is 1.94. The second kappa shape index (κ2) is 8.43. The molecular formula is C21H16ClF3N2O4. The lowest BCUT2D eigenvalue weighted by atomic mass is 10.1. The first-order valence-electron chi connectivity index (χ1n) is 9.03. The van der Waals surface area contributed by atoms with Gasteiger partial charge in [-0.05, 0) is 44.2 Å². The number of esters is 1. The molecule has 162 valence electrons. The van der Waals surface area contributed by atoms with Crippen molar-refractivity contribution in [1.29, 1.82) is 0 Å². The largest absolute Gasteiger partial charge is 0.459 e. The summed E-state index contributed by atoms with van der Waals surface area (Å²) in [6.07, 6.45) is -5.03. The van der Waals surface area contributed by atoms with E-state index in [1.54, 1.807) is 13.8 Å². The van der Waals surface area contributed by atoms with Gasteiger partial charge < -0.3 is 10.1 Å². The fraction of sp³-hybridized carbons (Fsp3) is 0.190. The van der Waals surface area contributed by atoms with Gasteiger partial charge in [0.25, 0.3) is 11.8 Å². The summed E-state index contributed by atoms with van der Waals surface area (Å²) in [6, 6.07) is 9.88. The molecule has 2 amide bonds. The van der Waals surface area contributed by atoms with E-state index in [1.165, 1.54) is 30.3 Å². The molecule has 2 aromatic rings. The number of alkyl halides is 3. The number of imide groups is 1. The highest BCUT2D eigenvalue weighted by Crippen LogP contribution is 2.34. The second-order valence-electron chi connectivity index (χ2n) is 6.81. The summed E-state index contributed by atoms with van der Waals surface area (Å²) in [5.41, 5.74) is -1.52. The molecule has 0 fully saturated rings. The molecule has 31 heavy (non-hydrogen) atoms. The lowest BCUT2D eigenvalue weighted by Gasteiger charge is -2.19. The topological polar surface area (TPSA) is 75.7 Å². The Hall–Kier alpha value is -3.33. The predicted octanol–water partition coefficient (Wildman–Crippen LogP) is 4.71. The highest BCUT2D eigenvalue weighted by Gasteiger charge is 2.41. The number of benzene rings is 2. The van der Waals surface area contributed by atoms with Crippen LogP contribution in [0.5, 0.6) is 0 Å². The number of amides is 2. The number of nitrogens with zero attached hydrogens (tertiary/aromatic N) is 1. The summed E-state index contributed by atoms with van der Waals surface area (Å²) in [5, 5.41) is 1.96. The molecule has 10 heteroatoms. The lowest BCUT2D eigenvalue weighted by molar-refractivity contribution is -0.137. The highest BCUT2D eigenvalue weighted by molar-refractivity contribution is 6.53.